The second-order valence-corrected chi connectivity index (χ2v) is 9.50. The zero-order valence-electron chi connectivity index (χ0n) is 22.1. The predicted octanol–water partition coefficient (Wildman–Crippen LogP) is 1.99. The molecular weight excluding hydrogens is 494 g/mol. The number of nitrogens with one attached hydrogen (secondary N) is 3. The van der Waals surface area contributed by atoms with E-state index in [4.69, 9.17) is 11.5 Å². The average Bonchev–Trinajstić information content (AvgIpc) is 2.94. The van der Waals surface area contributed by atoms with Gasteiger partial charge in [0.1, 0.15) is 0 Å². The number of nitrogens with two attached hydrogens (primary N) is 2. The van der Waals surface area contributed by atoms with Crippen molar-refractivity contribution in [3.63, 3.8) is 0 Å². The number of primary amides is 2. The van der Waals surface area contributed by atoms with Crippen LogP contribution in [0.1, 0.15) is 30.0 Å². The standard InChI is InChI=1S/C30H37N5O4/c1-2-25(20-23-14-8-4-9-15-23)29(26(31)36,34-19-18-22-12-6-3-7-13-22)30(39,27(32)37)35-28(38)33-21-24-16-10-5-11-17-24/h3-17,25,34,39H,2,18-21H2,1H3,(H2,31,36)(H2,32,37)(H2,33,35,38). The van der Waals surface area contributed by atoms with Crippen LogP contribution in [-0.4, -0.2) is 40.8 Å². The number of urea groups is 1. The van der Waals surface area contributed by atoms with E-state index in [9.17, 15) is 19.5 Å². The summed E-state index contributed by atoms with van der Waals surface area (Å²) in [5, 5.41) is 19.9. The summed E-state index contributed by atoms with van der Waals surface area (Å²) in [7, 11) is 0. The van der Waals surface area contributed by atoms with Crippen molar-refractivity contribution in [3.05, 3.63) is 108 Å². The zero-order chi connectivity index (χ0) is 28.3. The number of carbonyl (C=O) groups is 3. The summed E-state index contributed by atoms with van der Waals surface area (Å²) < 4.78 is 0. The molecule has 3 unspecified atom stereocenters. The van der Waals surface area contributed by atoms with E-state index in [1.165, 1.54) is 0 Å². The Bertz CT molecular complexity index is 1230. The lowest BCUT2D eigenvalue weighted by Crippen LogP contribution is -2.82. The van der Waals surface area contributed by atoms with Gasteiger partial charge in [-0.15, -0.1) is 0 Å². The molecule has 4 amide bonds. The fraction of sp³-hybridized carbons (Fsp3) is 0.300. The molecule has 0 saturated carbocycles. The summed E-state index contributed by atoms with van der Waals surface area (Å²) in [6.45, 7) is 2.11. The van der Waals surface area contributed by atoms with Crippen molar-refractivity contribution < 1.29 is 19.5 Å². The molecule has 206 valence electrons. The van der Waals surface area contributed by atoms with Gasteiger partial charge in [0.05, 0.1) is 0 Å². The molecule has 0 aliphatic heterocycles. The molecule has 0 heterocycles. The van der Waals surface area contributed by atoms with Crippen LogP contribution >= 0.6 is 0 Å². The average molecular weight is 532 g/mol. The molecule has 0 aliphatic carbocycles. The van der Waals surface area contributed by atoms with E-state index in [1.54, 1.807) is 0 Å². The minimum absolute atomic E-state index is 0.119. The van der Waals surface area contributed by atoms with Gasteiger partial charge in [-0.1, -0.05) is 104 Å². The highest BCUT2D eigenvalue weighted by molar-refractivity contribution is 5.99. The molecule has 8 N–H and O–H groups in total. The summed E-state index contributed by atoms with van der Waals surface area (Å²) in [4.78, 5) is 39.4. The summed E-state index contributed by atoms with van der Waals surface area (Å²) in [5.41, 5.74) is 9.38. The number of aliphatic hydroxyl groups is 1. The quantitative estimate of drug-likeness (QED) is 0.175. The summed E-state index contributed by atoms with van der Waals surface area (Å²) in [6, 6.07) is 27.1. The Balaban J connectivity index is 1.98. The zero-order valence-corrected chi connectivity index (χ0v) is 22.1. The van der Waals surface area contributed by atoms with Crippen LogP contribution in [0.5, 0.6) is 0 Å². The van der Waals surface area contributed by atoms with Gasteiger partial charge < -0.3 is 27.2 Å². The number of rotatable bonds is 14. The van der Waals surface area contributed by atoms with Crippen LogP contribution in [0, 0.1) is 5.92 Å². The first-order chi connectivity index (χ1) is 18.7. The molecule has 0 fully saturated rings. The third kappa shape index (κ3) is 7.01. The van der Waals surface area contributed by atoms with E-state index in [1.807, 2.05) is 97.9 Å². The lowest BCUT2D eigenvalue weighted by atomic mass is 9.70. The SMILES string of the molecule is CCC(Cc1ccccc1)C(NCCc1ccccc1)(C(N)=O)C(O)(NC(=O)NCc1ccccc1)C(N)=O. The van der Waals surface area contributed by atoms with Crippen molar-refractivity contribution in [1.29, 1.82) is 0 Å². The molecule has 0 aromatic heterocycles. The fourth-order valence-electron chi connectivity index (χ4n) is 4.93. The number of benzene rings is 3. The normalized spacial score (nSPS) is 14.8. The largest absolute Gasteiger partial charge is 0.368 e. The maximum atomic E-state index is 13.4. The molecular formula is C30H37N5O4. The highest BCUT2D eigenvalue weighted by Crippen LogP contribution is 2.34. The van der Waals surface area contributed by atoms with Crippen molar-refractivity contribution in [3.8, 4) is 0 Å². The summed E-state index contributed by atoms with van der Waals surface area (Å²) in [5.74, 6) is -3.04. The number of hydrogen-bond donors (Lipinski definition) is 6. The fourth-order valence-corrected chi connectivity index (χ4v) is 4.93. The second-order valence-electron chi connectivity index (χ2n) is 9.50. The molecule has 9 heteroatoms. The highest BCUT2D eigenvalue weighted by Gasteiger charge is 2.63. The Morgan fingerprint density at radius 3 is 1.79 bits per heavy atom. The maximum absolute atomic E-state index is 13.4. The van der Waals surface area contributed by atoms with Crippen molar-refractivity contribution in [1.82, 2.24) is 16.0 Å². The number of hydrogen-bond acceptors (Lipinski definition) is 5. The Morgan fingerprint density at radius 2 is 1.31 bits per heavy atom. The first-order valence-electron chi connectivity index (χ1n) is 13.0. The second kappa shape index (κ2) is 13.5. The molecule has 9 nitrogen and oxygen atoms in total. The summed E-state index contributed by atoms with van der Waals surface area (Å²) >= 11 is 0. The molecule has 0 bridgehead atoms. The van der Waals surface area contributed by atoms with Gasteiger partial charge >= 0.3 is 6.03 Å². The van der Waals surface area contributed by atoms with Crippen molar-refractivity contribution in [2.24, 2.45) is 17.4 Å². The molecule has 0 radical (unpaired) electrons. The lowest BCUT2D eigenvalue weighted by molar-refractivity contribution is -0.164. The Hall–Kier alpha value is -4.21. The van der Waals surface area contributed by atoms with Gasteiger partial charge in [0.25, 0.3) is 5.91 Å². The van der Waals surface area contributed by atoms with E-state index >= 15 is 0 Å². The van der Waals surface area contributed by atoms with E-state index in [0.717, 1.165) is 16.7 Å². The van der Waals surface area contributed by atoms with Crippen LogP contribution in [-0.2, 0) is 29.0 Å². The molecule has 0 aliphatic rings. The number of amides is 4. The predicted molar refractivity (Wildman–Crippen MR) is 150 cm³/mol. The van der Waals surface area contributed by atoms with Gasteiger partial charge in [0.15, 0.2) is 5.54 Å². The van der Waals surface area contributed by atoms with Crippen LogP contribution in [0.15, 0.2) is 91.0 Å². The highest BCUT2D eigenvalue weighted by atomic mass is 16.3. The van der Waals surface area contributed by atoms with Gasteiger partial charge in [-0.25, -0.2) is 4.79 Å². The topological polar surface area (TPSA) is 160 Å². The Morgan fingerprint density at radius 1 is 0.795 bits per heavy atom. The van der Waals surface area contributed by atoms with Gasteiger partial charge in [-0.3, -0.25) is 14.9 Å². The van der Waals surface area contributed by atoms with Crippen molar-refractivity contribution >= 4 is 17.8 Å². The van der Waals surface area contributed by atoms with E-state index in [2.05, 4.69) is 16.0 Å². The van der Waals surface area contributed by atoms with Crippen LogP contribution in [0.4, 0.5) is 4.79 Å². The van der Waals surface area contributed by atoms with Gasteiger partial charge in [-0.05, 0) is 35.4 Å². The molecule has 3 aromatic carbocycles. The third-order valence-electron chi connectivity index (χ3n) is 7.00. The van der Waals surface area contributed by atoms with Gasteiger partial charge in [0.2, 0.25) is 11.6 Å². The molecule has 3 aromatic rings. The van der Waals surface area contributed by atoms with E-state index < -0.39 is 35.0 Å². The maximum Gasteiger partial charge on any atom is 0.317 e. The minimum Gasteiger partial charge on any atom is -0.368 e. The molecule has 39 heavy (non-hydrogen) atoms. The van der Waals surface area contributed by atoms with Crippen LogP contribution in [0.2, 0.25) is 0 Å². The van der Waals surface area contributed by atoms with E-state index in [-0.39, 0.29) is 19.5 Å². The van der Waals surface area contributed by atoms with Gasteiger partial charge in [0, 0.05) is 13.1 Å². The van der Waals surface area contributed by atoms with Crippen LogP contribution in [0.3, 0.4) is 0 Å². The number of carbonyl (C=O) groups excluding carboxylic acids is 3. The van der Waals surface area contributed by atoms with Gasteiger partial charge in [-0.2, -0.15) is 0 Å². The van der Waals surface area contributed by atoms with Crippen LogP contribution < -0.4 is 27.4 Å². The van der Waals surface area contributed by atoms with E-state index in [0.29, 0.717) is 12.8 Å². The third-order valence-corrected chi connectivity index (χ3v) is 7.00. The minimum atomic E-state index is -2.86. The Kier molecular flexibility index (Phi) is 10.2. The van der Waals surface area contributed by atoms with Crippen molar-refractivity contribution in [2.75, 3.05) is 6.54 Å². The monoisotopic (exact) mass is 531 g/mol. The first-order valence-corrected chi connectivity index (χ1v) is 13.0. The Labute approximate surface area is 229 Å². The molecule has 3 rings (SSSR count). The molecule has 0 spiro atoms. The molecule has 3 atom stereocenters. The first kappa shape index (κ1) is 29.3. The molecule has 0 saturated heterocycles. The smallest absolute Gasteiger partial charge is 0.317 e. The lowest BCUT2D eigenvalue weighted by Gasteiger charge is -2.48. The van der Waals surface area contributed by atoms with Crippen molar-refractivity contribution in [2.45, 2.75) is 44.0 Å². The van der Waals surface area contributed by atoms with Crippen LogP contribution in [0.25, 0.3) is 0 Å². The summed E-state index contributed by atoms with van der Waals surface area (Å²) in [6.07, 6.45) is 1.08.